The highest BCUT2D eigenvalue weighted by Gasteiger charge is 2.30. The standard InChI is InChI=1S/C19H13IN2O2/c20-13-6-3-7-14(10-13)21-17(23)11-22-16-9-2-5-12-4-1-8-15(18(12)16)19(22)24/h1-10H,11H2,(H,21,23). The minimum Gasteiger partial charge on any atom is -0.325 e. The van der Waals surface area contributed by atoms with Crippen molar-refractivity contribution in [2.75, 3.05) is 16.8 Å². The molecule has 3 aromatic rings. The molecule has 118 valence electrons. The van der Waals surface area contributed by atoms with Gasteiger partial charge in [-0.1, -0.05) is 30.3 Å². The number of halogens is 1. The fourth-order valence-electron chi connectivity index (χ4n) is 3.05. The van der Waals surface area contributed by atoms with Crippen LogP contribution in [0, 0.1) is 3.57 Å². The van der Waals surface area contributed by atoms with Crippen LogP contribution in [0.2, 0.25) is 0 Å². The van der Waals surface area contributed by atoms with E-state index in [9.17, 15) is 9.59 Å². The van der Waals surface area contributed by atoms with E-state index in [2.05, 4.69) is 27.9 Å². The molecule has 0 aliphatic carbocycles. The highest BCUT2D eigenvalue weighted by atomic mass is 127. The van der Waals surface area contributed by atoms with Crippen LogP contribution >= 0.6 is 22.6 Å². The Kier molecular flexibility index (Phi) is 3.72. The van der Waals surface area contributed by atoms with E-state index in [4.69, 9.17) is 0 Å². The van der Waals surface area contributed by atoms with Gasteiger partial charge < -0.3 is 5.32 Å². The minimum atomic E-state index is -0.213. The quantitative estimate of drug-likeness (QED) is 0.641. The number of benzene rings is 3. The van der Waals surface area contributed by atoms with Gasteiger partial charge in [0.1, 0.15) is 6.54 Å². The maximum atomic E-state index is 12.7. The molecule has 0 unspecified atom stereocenters. The summed E-state index contributed by atoms with van der Waals surface area (Å²) < 4.78 is 1.04. The fourth-order valence-corrected chi connectivity index (χ4v) is 3.59. The SMILES string of the molecule is O=C(CN1C(=O)c2cccc3cccc1c23)Nc1cccc(I)c1. The van der Waals surface area contributed by atoms with Gasteiger partial charge in [-0.25, -0.2) is 0 Å². The van der Waals surface area contributed by atoms with E-state index in [1.54, 1.807) is 4.90 Å². The highest BCUT2D eigenvalue weighted by Crippen LogP contribution is 2.36. The molecule has 2 amide bonds. The summed E-state index contributed by atoms with van der Waals surface area (Å²) in [6.07, 6.45) is 0. The smallest absolute Gasteiger partial charge is 0.259 e. The monoisotopic (exact) mass is 428 g/mol. The zero-order valence-corrected chi connectivity index (χ0v) is 14.8. The van der Waals surface area contributed by atoms with Crippen molar-refractivity contribution < 1.29 is 9.59 Å². The third-order valence-electron chi connectivity index (χ3n) is 4.06. The van der Waals surface area contributed by atoms with Crippen LogP contribution in [0.15, 0.2) is 60.7 Å². The van der Waals surface area contributed by atoms with Crippen LogP contribution in [-0.2, 0) is 4.79 Å². The molecule has 0 aromatic heterocycles. The number of nitrogens with zero attached hydrogens (tertiary/aromatic N) is 1. The van der Waals surface area contributed by atoms with Gasteiger partial charge in [-0.2, -0.15) is 0 Å². The first-order valence-electron chi connectivity index (χ1n) is 7.52. The van der Waals surface area contributed by atoms with Crippen molar-refractivity contribution in [3.05, 3.63) is 69.8 Å². The molecule has 0 radical (unpaired) electrons. The van der Waals surface area contributed by atoms with Gasteiger partial charge in [-0.15, -0.1) is 0 Å². The Morgan fingerprint density at radius 2 is 1.79 bits per heavy atom. The Labute approximate surface area is 152 Å². The second kappa shape index (κ2) is 5.90. The van der Waals surface area contributed by atoms with Crippen LogP contribution in [0.5, 0.6) is 0 Å². The molecule has 4 rings (SSSR count). The lowest BCUT2D eigenvalue weighted by Gasteiger charge is -2.17. The summed E-state index contributed by atoms with van der Waals surface area (Å²) >= 11 is 2.19. The first kappa shape index (κ1) is 15.1. The average Bonchev–Trinajstić information content (AvgIpc) is 2.83. The van der Waals surface area contributed by atoms with Gasteiger partial charge in [0.05, 0.1) is 5.69 Å². The number of hydrogen-bond donors (Lipinski definition) is 1. The highest BCUT2D eigenvalue weighted by molar-refractivity contribution is 14.1. The second-order valence-corrected chi connectivity index (χ2v) is 6.88. The Bertz CT molecular complexity index is 979. The average molecular weight is 428 g/mol. The predicted molar refractivity (Wildman–Crippen MR) is 103 cm³/mol. The third-order valence-corrected chi connectivity index (χ3v) is 4.73. The van der Waals surface area contributed by atoms with Crippen LogP contribution in [0.4, 0.5) is 11.4 Å². The van der Waals surface area contributed by atoms with Crippen molar-refractivity contribution in [1.82, 2.24) is 0 Å². The van der Waals surface area contributed by atoms with Gasteiger partial charge in [0.15, 0.2) is 0 Å². The van der Waals surface area contributed by atoms with Crippen molar-refractivity contribution in [3.8, 4) is 0 Å². The molecule has 0 fully saturated rings. The van der Waals surface area contributed by atoms with Gasteiger partial charge in [0.2, 0.25) is 5.91 Å². The Morgan fingerprint density at radius 1 is 1.04 bits per heavy atom. The Balaban J connectivity index is 1.61. The summed E-state index contributed by atoms with van der Waals surface area (Å²) in [7, 11) is 0. The molecular weight excluding hydrogens is 415 g/mol. The molecule has 24 heavy (non-hydrogen) atoms. The molecule has 0 saturated carbocycles. The van der Waals surface area contributed by atoms with E-state index in [0.717, 1.165) is 25.7 Å². The molecule has 1 N–H and O–H groups in total. The molecule has 4 nitrogen and oxygen atoms in total. The Morgan fingerprint density at radius 3 is 2.58 bits per heavy atom. The van der Waals surface area contributed by atoms with Crippen molar-refractivity contribution in [3.63, 3.8) is 0 Å². The molecule has 0 bridgehead atoms. The van der Waals surface area contributed by atoms with Crippen LogP contribution in [-0.4, -0.2) is 18.4 Å². The number of nitrogens with one attached hydrogen (secondary N) is 1. The van der Waals surface area contributed by atoms with Crippen molar-refractivity contribution in [2.45, 2.75) is 0 Å². The van der Waals surface area contributed by atoms with Gasteiger partial charge in [-0.05, 0) is 58.3 Å². The van der Waals surface area contributed by atoms with Crippen LogP contribution in [0.25, 0.3) is 10.8 Å². The molecule has 1 aliphatic rings. The summed E-state index contributed by atoms with van der Waals surface area (Å²) in [4.78, 5) is 26.6. The lowest BCUT2D eigenvalue weighted by molar-refractivity contribution is -0.114. The number of anilines is 2. The molecule has 1 aliphatic heterocycles. The van der Waals surface area contributed by atoms with E-state index >= 15 is 0 Å². The van der Waals surface area contributed by atoms with Gasteiger partial charge in [0, 0.05) is 20.2 Å². The summed E-state index contributed by atoms with van der Waals surface area (Å²) in [5.41, 5.74) is 2.19. The van der Waals surface area contributed by atoms with E-state index in [1.165, 1.54) is 0 Å². The van der Waals surface area contributed by atoms with Crippen molar-refractivity contribution >= 4 is 56.6 Å². The first-order valence-corrected chi connectivity index (χ1v) is 8.60. The fraction of sp³-hybridized carbons (Fsp3) is 0.0526. The van der Waals surface area contributed by atoms with Crippen LogP contribution in [0.3, 0.4) is 0 Å². The van der Waals surface area contributed by atoms with Crippen LogP contribution < -0.4 is 10.2 Å². The lowest BCUT2D eigenvalue weighted by atomic mass is 10.1. The number of rotatable bonds is 3. The zero-order chi connectivity index (χ0) is 16.7. The molecule has 5 heteroatoms. The molecule has 0 saturated heterocycles. The predicted octanol–water partition coefficient (Wildman–Crippen LogP) is 4.04. The van der Waals surface area contributed by atoms with Crippen LogP contribution in [0.1, 0.15) is 10.4 Å². The van der Waals surface area contributed by atoms with E-state index in [0.29, 0.717) is 5.56 Å². The third kappa shape index (κ3) is 2.54. The topological polar surface area (TPSA) is 49.4 Å². The zero-order valence-electron chi connectivity index (χ0n) is 12.6. The summed E-state index contributed by atoms with van der Waals surface area (Å²) in [5.74, 6) is -0.338. The van der Waals surface area contributed by atoms with Crippen molar-refractivity contribution in [1.29, 1.82) is 0 Å². The van der Waals surface area contributed by atoms with Gasteiger partial charge in [-0.3, -0.25) is 14.5 Å². The first-order chi connectivity index (χ1) is 11.6. The van der Waals surface area contributed by atoms with Crippen molar-refractivity contribution in [2.24, 2.45) is 0 Å². The molecule has 1 heterocycles. The largest absolute Gasteiger partial charge is 0.325 e. The maximum Gasteiger partial charge on any atom is 0.259 e. The number of hydrogen-bond acceptors (Lipinski definition) is 2. The number of carbonyl (C=O) groups excluding carboxylic acids is 2. The second-order valence-electron chi connectivity index (χ2n) is 5.63. The summed E-state index contributed by atoms with van der Waals surface area (Å²) in [5, 5.41) is 4.79. The van der Waals surface area contributed by atoms with E-state index in [-0.39, 0.29) is 18.4 Å². The van der Waals surface area contributed by atoms with E-state index < -0.39 is 0 Å². The van der Waals surface area contributed by atoms with Gasteiger partial charge >= 0.3 is 0 Å². The lowest BCUT2D eigenvalue weighted by Crippen LogP contribution is -2.35. The number of carbonyl (C=O) groups is 2. The summed E-state index contributed by atoms with van der Waals surface area (Å²) in [6, 6.07) is 19.0. The Hall–Kier alpha value is -2.41. The molecule has 3 aromatic carbocycles. The van der Waals surface area contributed by atoms with E-state index in [1.807, 2.05) is 60.7 Å². The number of amides is 2. The maximum absolute atomic E-state index is 12.7. The minimum absolute atomic E-state index is 0.00188. The molecule has 0 atom stereocenters. The van der Waals surface area contributed by atoms with Gasteiger partial charge in [0.25, 0.3) is 5.91 Å². The summed E-state index contributed by atoms with van der Waals surface area (Å²) in [6.45, 7) is -0.00188. The molecular formula is C19H13IN2O2. The normalized spacial score (nSPS) is 12.7. The molecule has 0 spiro atoms.